The van der Waals surface area contributed by atoms with Crippen LogP contribution in [0, 0.1) is 5.92 Å². The average molecular weight is 454 g/mol. The molecule has 3 aliphatic rings. The molecule has 0 spiro atoms. The summed E-state index contributed by atoms with van der Waals surface area (Å²) in [4.78, 5) is 34.4. The summed E-state index contributed by atoms with van der Waals surface area (Å²) >= 11 is 6.32. The highest BCUT2D eigenvalue weighted by molar-refractivity contribution is 6.31. The number of hydrogen-bond donors (Lipinski definition) is 1. The predicted octanol–water partition coefficient (Wildman–Crippen LogP) is 2.77. The summed E-state index contributed by atoms with van der Waals surface area (Å²) in [6, 6.07) is 17.0. The number of likely N-dealkylation sites (N-methyl/N-ethyl adjacent to an activating group) is 1. The Labute approximate surface area is 193 Å². The number of nitrogens with one attached hydrogen (secondary N) is 1. The zero-order chi connectivity index (χ0) is 22.4. The Kier molecular flexibility index (Phi) is 5.67. The van der Waals surface area contributed by atoms with E-state index in [-0.39, 0.29) is 30.9 Å². The molecule has 0 aromatic heterocycles. The number of benzene rings is 2. The summed E-state index contributed by atoms with van der Waals surface area (Å²) in [7, 11) is 1.77. The molecule has 3 heterocycles. The van der Waals surface area contributed by atoms with E-state index in [2.05, 4.69) is 34.2 Å². The van der Waals surface area contributed by atoms with Crippen LogP contribution in [0.25, 0.3) is 0 Å². The van der Waals surface area contributed by atoms with Crippen LogP contribution in [0.2, 0.25) is 5.02 Å². The number of imide groups is 1. The molecule has 5 rings (SSSR count). The Morgan fingerprint density at radius 3 is 2.47 bits per heavy atom. The molecule has 0 saturated carbocycles. The van der Waals surface area contributed by atoms with Gasteiger partial charge in [0, 0.05) is 31.7 Å². The summed E-state index contributed by atoms with van der Waals surface area (Å²) in [5.41, 5.74) is 2.00. The number of urea groups is 1. The zero-order valence-corrected chi connectivity index (χ0v) is 19.1. The monoisotopic (exact) mass is 453 g/mol. The molecule has 1 N–H and O–H groups in total. The molecule has 8 heteroatoms. The molecular weight excluding hydrogens is 426 g/mol. The molecule has 3 saturated heterocycles. The Bertz CT molecular complexity index is 1020. The maximum Gasteiger partial charge on any atom is 0.328 e. The smallest absolute Gasteiger partial charge is 0.310 e. The molecule has 7 nitrogen and oxygen atoms in total. The minimum absolute atomic E-state index is 0.0964. The molecule has 2 aromatic carbocycles. The van der Waals surface area contributed by atoms with Crippen molar-refractivity contribution >= 4 is 23.5 Å². The Hall–Kier alpha value is -2.45. The third-order valence-corrected chi connectivity index (χ3v) is 7.06. The molecule has 0 radical (unpaired) electrons. The zero-order valence-electron chi connectivity index (χ0n) is 18.3. The predicted molar refractivity (Wildman–Crippen MR) is 122 cm³/mol. The average Bonchev–Trinajstić information content (AvgIpc) is 3.17. The second-order valence-electron chi connectivity index (χ2n) is 9.06. The molecule has 3 fully saturated rings. The van der Waals surface area contributed by atoms with Crippen molar-refractivity contribution in [3.05, 3.63) is 70.7 Å². The van der Waals surface area contributed by atoms with Gasteiger partial charge < -0.3 is 4.90 Å². The molecular formula is C24H28ClN5O2. The number of carbonyl (C=O) groups excluding carboxylic acids is 2. The maximum atomic E-state index is 13.6. The fourth-order valence-corrected chi connectivity index (χ4v) is 5.39. The number of fused-ring (bicyclic) bond motifs is 3. The van der Waals surface area contributed by atoms with Crippen LogP contribution < -0.4 is 5.32 Å². The van der Waals surface area contributed by atoms with Crippen molar-refractivity contribution in [3.8, 4) is 0 Å². The van der Waals surface area contributed by atoms with E-state index in [1.165, 1.54) is 10.5 Å². The number of hydrogen-bond acceptors (Lipinski definition) is 5. The topological polar surface area (TPSA) is 59.1 Å². The highest BCUT2D eigenvalue weighted by Gasteiger charge is 2.56. The summed E-state index contributed by atoms with van der Waals surface area (Å²) in [5.74, 6) is 0.241. The first kappa shape index (κ1) is 21.4. The third kappa shape index (κ3) is 3.69. The van der Waals surface area contributed by atoms with E-state index in [9.17, 15) is 9.59 Å². The number of carbonyl (C=O) groups is 2. The minimum atomic E-state index is -0.425. The quantitative estimate of drug-likeness (QED) is 0.771. The number of halogens is 1. The summed E-state index contributed by atoms with van der Waals surface area (Å²) in [6.07, 6.45) is -0.452. The van der Waals surface area contributed by atoms with Crippen molar-refractivity contribution in [2.24, 2.45) is 5.92 Å². The van der Waals surface area contributed by atoms with Crippen molar-refractivity contribution in [3.63, 3.8) is 0 Å². The standard InChI is InChI=1S/C24H28ClN5O2/c1-16-12-28(14-17-8-4-3-5-9-17)23-26-21-20(29(23)13-16)22(31)30(24(32)27(21)2)15-18-10-6-7-11-19(18)25/h3-11,16,20-21,23,26H,12-15H2,1-2H3. The van der Waals surface area contributed by atoms with Crippen LogP contribution in [-0.2, 0) is 17.9 Å². The van der Waals surface area contributed by atoms with Gasteiger partial charge in [-0.25, -0.2) is 4.79 Å². The summed E-state index contributed by atoms with van der Waals surface area (Å²) in [6.45, 7) is 4.90. The van der Waals surface area contributed by atoms with Gasteiger partial charge in [-0.3, -0.25) is 24.8 Å². The van der Waals surface area contributed by atoms with Gasteiger partial charge in [0.25, 0.3) is 5.91 Å². The lowest BCUT2D eigenvalue weighted by Gasteiger charge is -2.45. The first-order chi connectivity index (χ1) is 15.4. The lowest BCUT2D eigenvalue weighted by Crippen LogP contribution is -2.66. The Morgan fingerprint density at radius 1 is 1.00 bits per heavy atom. The van der Waals surface area contributed by atoms with E-state index in [0.29, 0.717) is 10.9 Å². The van der Waals surface area contributed by atoms with Crippen molar-refractivity contribution < 1.29 is 9.59 Å². The van der Waals surface area contributed by atoms with Gasteiger partial charge in [0.2, 0.25) is 0 Å². The molecule has 0 aliphatic carbocycles. The first-order valence-corrected chi connectivity index (χ1v) is 11.4. The largest absolute Gasteiger partial charge is 0.328 e. The molecule has 32 heavy (non-hydrogen) atoms. The second kappa shape index (κ2) is 8.48. The fourth-order valence-electron chi connectivity index (χ4n) is 5.19. The highest BCUT2D eigenvalue weighted by Crippen LogP contribution is 2.33. The van der Waals surface area contributed by atoms with Gasteiger partial charge in [-0.1, -0.05) is 67.1 Å². The van der Waals surface area contributed by atoms with Gasteiger partial charge in [-0.2, -0.15) is 0 Å². The second-order valence-corrected chi connectivity index (χ2v) is 9.46. The van der Waals surface area contributed by atoms with E-state index in [1.807, 2.05) is 36.4 Å². The lowest BCUT2D eigenvalue weighted by atomic mass is 10.0. The van der Waals surface area contributed by atoms with Crippen LogP contribution in [0.3, 0.4) is 0 Å². The number of nitrogens with zero attached hydrogens (tertiary/aromatic N) is 4. The van der Waals surface area contributed by atoms with E-state index >= 15 is 0 Å². The SMILES string of the molecule is CC1CN(Cc2ccccc2)C2NC3C(C(=O)N(Cc4ccccc4Cl)C(=O)N3C)N2C1. The van der Waals surface area contributed by atoms with E-state index in [0.717, 1.165) is 25.2 Å². The first-order valence-electron chi connectivity index (χ1n) is 11.1. The van der Waals surface area contributed by atoms with Crippen molar-refractivity contribution in [1.82, 2.24) is 24.9 Å². The molecule has 168 valence electrons. The summed E-state index contributed by atoms with van der Waals surface area (Å²) in [5, 5.41) is 4.13. The van der Waals surface area contributed by atoms with Gasteiger partial charge in [-0.15, -0.1) is 0 Å². The van der Waals surface area contributed by atoms with Crippen LogP contribution in [0.1, 0.15) is 18.1 Å². The van der Waals surface area contributed by atoms with Gasteiger partial charge in [-0.05, 0) is 23.1 Å². The molecule has 3 amide bonds. The van der Waals surface area contributed by atoms with Crippen LogP contribution >= 0.6 is 11.6 Å². The van der Waals surface area contributed by atoms with Crippen molar-refractivity contribution in [1.29, 1.82) is 0 Å². The lowest BCUT2D eigenvalue weighted by molar-refractivity contribution is -0.141. The fraction of sp³-hybridized carbons (Fsp3) is 0.417. The summed E-state index contributed by atoms with van der Waals surface area (Å²) < 4.78 is 0. The van der Waals surface area contributed by atoms with E-state index in [4.69, 9.17) is 11.6 Å². The molecule has 3 aliphatic heterocycles. The third-order valence-electron chi connectivity index (χ3n) is 6.69. The molecule has 4 atom stereocenters. The number of amides is 3. The minimum Gasteiger partial charge on any atom is -0.310 e. The van der Waals surface area contributed by atoms with Crippen LogP contribution in [0.4, 0.5) is 4.79 Å². The normalized spacial score (nSPS) is 28.7. The van der Waals surface area contributed by atoms with Crippen LogP contribution in [0.5, 0.6) is 0 Å². The van der Waals surface area contributed by atoms with E-state index < -0.39 is 6.04 Å². The Balaban J connectivity index is 1.42. The molecule has 2 aromatic rings. The number of rotatable bonds is 4. The van der Waals surface area contributed by atoms with Gasteiger partial charge in [0.1, 0.15) is 18.5 Å². The molecule has 4 unspecified atom stereocenters. The highest BCUT2D eigenvalue weighted by atomic mass is 35.5. The van der Waals surface area contributed by atoms with Crippen LogP contribution in [-0.4, -0.2) is 70.2 Å². The van der Waals surface area contributed by atoms with Crippen molar-refractivity contribution in [2.45, 2.75) is 38.5 Å². The van der Waals surface area contributed by atoms with Crippen LogP contribution in [0.15, 0.2) is 54.6 Å². The maximum absolute atomic E-state index is 13.6. The Morgan fingerprint density at radius 2 is 1.72 bits per heavy atom. The van der Waals surface area contributed by atoms with E-state index in [1.54, 1.807) is 18.0 Å². The molecule has 0 bridgehead atoms. The van der Waals surface area contributed by atoms with Gasteiger partial charge in [0.05, 0.1) is 6.54 Å². The van der Waals surface area contributed by atoms with Gasteiger partial charge >= 0.3 is 6.03 Å². The van der Waals surface area contributed by atoms with Gasteiger partial charge in [0.15, 0.2) is 0 Å². The van der Waals surface area contributed by atoms with Crippen molar-refractivity contribution in [2.75, 3.05) is 20.1 Å².